The molecule has 0 aromatic heterocycles. The van der Waals surface area contributed by atoms with Gasteiger partial charge < -0.3 is 9.16 Å². The van der Waals surface area contributed by atoms with Gasteiger partial charge in [0.15, 0.2) is 5.60 Å². The maximum absolute atomic E-state index is 6.70. The number of hydrogen-bond donors (Lipinski definition) is 0. The van der Waals surface area contributed by atoms with E-state index in [1.165, 1.54) is 44.9 Å². The predicted octanol–water partition coefficient (Wildman–Crippen LogP) is 9.39. The molecule has 202 valence electrons. The molecule has 1 unspecified atom stereocenters. The summed E-state index contributed by atoms with van der Waals surface area (Å²) in [5, 5.41) is 0.128. The fourth-order valence-electron chi connectivity index (χ4n) is 4.99. The Hall–Kier alpha value is -0.883. The average Bonchev–Trinajstić information content (AvgIpc) is 2.73. The van der Waals surface area contributed by atoms with Gasteiger partial charge in [0.25, 0.3) is 5.79 Å². The molecule has 1 aliphatic heterocycles. The molecule has 1 fully saturated rings. The molecule has 35 heavy (non-hydrogen) atoms. The second kappa shape index (κ2) is 12.6. The number of rotatable bonds is 15. The van der Waals surface area contributed by atoms with Crippen LogP contribution in [0.4, 0.5) is 0 Å². The normalized spacial score (nSPS) is 20.3. The van der Waals surface area contributed by atoms with E-state index < -0.39 is 19.7 Å². The van der Waals surface area contributed by atoms with Gasteiger partial charge in [0.2, 0.25) is 8.32 Å². The zero-order valence-electron chi connectivity index (χ0n) is 24.5. The number of hydrogen-bond acceptors (Lipinski definition) is 4. The zero-order chi connectivity index (χ0) is 26.3. The highest BCUT2D eigenvalue weighted by Gasteiger charge is 2.69. The highest BCUT2D eigenvalue weighted by atomic mass is 28.4. The number of benzene rings is 1. The van der Waals surface area contributed by atoms with Crippen molar-refractivity contribution in [3.05, 3.63) is 29.8 Å². The van der Waals surface area contributed by atoms with Crippen molar-refractivity contribution in [3.63, 3.8) is 0 Å². The molecule has 0 amide bonds. The monoisotopic (exact) mass is 506 g/mol. The van der Waals surface area contributed by atoms with E-state index >= 15 is 0 Å². The SMILES string of the molecule is CCCCCCCCCCOC1(c2cccc(O[Si](C)(C)C(C)(C)C)c2)OOC1(C(C)C)C(C)C. The molecule has 1 saturated heterocycles. The molecule has 1 aromatic carbocycles. The molecule has 5 heteroatoms. The third-order valence-corrected chi connectivity index (χ3v) is 12.6. The first-order chi connectivity index (χ1) is 16.3. The first kappa shape index (κ1) is 30.3. The van der Waals surface area contributed by atoms with E-state index in [1.54, 1.807) is 0 Å². The molecular weight excluding hydrogens is 452 g/mol. The average molecular weight is 507 g/mol. The predicted molar refractivity (Wildman–Crippen MR) is 149 cm³/mol. The second-order valence-corrected chi connectivity index (χ2v) is 17.3. The van der Waals surface area contributed by atoms with Gasteiger partial charge in [0, 0.05) is 5.56 Å². The van der Waals surface area contributed by atoms with Crippen molar-refractivity contribution >= 4 is 8.32 Å². The molecule has 1 atom stereocenters. The molecule has 4 nitrogen and oxygen atoms in total. The van der Waals surface area contributed by atoms with Crippen molar-refractivity contribution in [3.8, 4) is 5.75 Å². The topological polar surface area (TPSA) is 36.9 Å². The fourth-order valence-corrected chi connectivity index (χ4v) is 6.01. The van der Waals surface area contributed by atoms with Crippen molar-refractivity contribution in [2.24, 2.45) is 11.8 Å². The van der Waals surface area contributed by atoms with Crippen LogP contribution in [0.2, 0.25) is 18.1 Å². The van der Waals surface area contributed by atoms with Gasteiger partial charge in [0.05, 0.1) is 6.61 Å². The van der Waals surface area contributed by atoms with E-state index in [0.29, 0.717) is 6.61 Å². The lowest BCUT2D eigenvalue weighted by molar-refractivity contribution is -0.637. The fraction of sp³-hybridized carbons (Fsp3) is 0.800. The Morgan fingerprint density at radius 1 is 0.857 bits per heavy atom. The smallest absolute Gasteiger partial charge is 0.260 e. The standard InChI is InChI=1S/C30H54O4Si/c1-11-12-13-14-15-16-17-18-22-31-30(29(24(2)3,25(4)5)33-34-30)26-20-19-21-27(23-26)32-35(9,10)28(6,7)8/h19-21,23-25H,11-18,22H2,1-10H3. The van der Waals surface area contributed by atoms with Crippen LogP contribution in [0.1, 0.15) is 112 Å². The molecule has 0 bridgehead atoms. The number of ether oxygens (including phenoxy) is 1. The highest BCUT2D eigenvalue weighted by molar-refractivity contribution is 6.74. The number of unbranched alkanes of at least 4 members (excludes halogenated alkanes) is 7. The summed E-state index contributed by atoms with van der Waals surface area (Å²) in [6.45, 7) is 23.1. The van der Waals surface area contributed by atoms with Crippen molar-refractivity contribution in [2.45, 2.75) is 136 Å². The van der Waals surface area contributed by atoms with E-state index in [4.69, 9.17) is 18.9 Å². The van der Waals surface area contributed by atoms with Crippen LogP contribution in [0, 0.1) is 11.8 Å². The van der Waals surface area contributed by atoms with E-state index in [0.717, 1.165) is 17.7 Å². The Morgan fingerprint density at radius 3 is 1.91 bits per heavy atom. The van der Waals surface area contributed by atoms with Crippen LogP contribution in [-0.2, 0) is 20.3 Å². The summed E-state index contributed by atoms with van der Waals surface area (Å²) in [6, 6.07) is 8.35. The van der Waals surface area contributed by atoms with Crippen LogP contribution in [0.25, 0.3) is 0 Å². The highest BCUT2D eigenvalue weighted by Crippen LogP contribution is 2.57. The quantitative estimate of drug-likeness (QED) is 0.135. The van der Waals surface area contributed by atoms with Gasteiger partial charge in [-0.1, -0.05) is 112 Å². The minimum absolute atomic E-state index is 0.128. The first-order valence-corrected chi connectivity index (χ1v) is 17.0. The van der Waals surface area contributed by atoms with Crippen LogP contribution in [0.3, 0.4) is 0 Å². The van der Waals surface area contributed by atoms with E-state index in [1.807, 2.05) is 0 Å². The van der Waals surface area contributed by atoms with Crippen LogP contribution < -0.4 is 4.43 Å². The lowest BCUT2D eigenvalue weighted by atomic mass is 9.70. The van der Waals surface area contributed by atoms with Crippen LogP contribution in [-0.4, -0.2) is 20.5 Å². The first-order valence-electron chi connectivity index (χ1n) is 14.1. The van der Waals surface area contributed by atoms with Crippen molar-refractivity contribution in [1.82, 2.24) is 0 Å². The van der Waals surface area contributed by atoms with E-state index in [-0.39, 0.29) is 16.9 Å². The molecule has 1 aliphatic rings. The lowest BCUT2D eigenvalue weighted by Gasteiger charge is -2.59. The Labute approximate surface area is 217 Å². The Kier molecular flexibility index (Phi) is 10.9. The zero-order valence-corrected chi connectivity index (χ0v) is 25.5. The molecule has 0 saturated carbocycles. The third kappa shape index (κ3) is 6.71. The molecule has 2 rings (SSSR count). The molecule has 0 N–H and O–H groups in total. The largest absolute Gasteiger partial charge is 0.543 e. The Morgan fingerprint density at radius 2 is 1.43 bits per heavy atom. The van der Waals surface area contributed by atoms with Gasteiger partial charge in [-0.25, -0.2) is 4.89 Å². The molecule has 0 aliphatic carbocycles. The molecule has 1 heterocycles. The summed E-state index contributed by atoms with van der Waals surface area (Å²) in [5.74, 6) is 0.407. The maximum atomic E-state index is 6.70. The molecule has 0 spiro atoms. The van der Waals surface area contributed by atoms with Gasteiger partial charge in [-0.3, -0.25) is 0 Å². The second-order valence-electron chi connectivity index (χ2n) is 12.6. The van der Waals surface area contributed by atoms with Crippen LogP contribution in [0.15, 0.2) is 24.3 Å². The molecular formula is C30H54O4Si. The lowest BCUT2D eigenvalue weighted by Crippen LogP contribution is -2.71. The van der Waals surface area contributed by atoms with E-state index in [2.05, 4.69) is 92.7 Å². The summed E-state index contributed by atoms with van der Waals surface area (Å²) >= 11 is 0. The molecule has 1 aromatic rings. The van der Waals surface area contributed by atoms with Crippen molar-refractivity contribution < 1.29 is 18.9 Å². The maximum Gasteiger partial charge on any atom is 0.260 e. The van der Waals surface area contributed by atoms with Gasteiger partial charge >= 0.3 is 0 Å². The van der Waals surface area contributed by atoms with Gasteiger partial charge in [-0.05, 0) is 48.5 Å². The summed E-state index contributed by atoms with van der Waals surface area (Å²) < 4.78 is 13.3. The van der Waals surface area contributed by atoms with Gasteiger partial charge in [0.1, 0.15) is 5.75 Å². The Balaban J connectivity index is 2.21. The van der Waals surface area contributed by atoms with Crippen molar-refractivity contribution in [2.75, 3.05) is 6.61 Å². The van der Waals surface area contributed by atoms with Gasteiger partial charge in [-0.15, -0.1) is 0 Å². The summed E-state index contributed by atoms with van der Waals surface area (Å²) in [4.78, 5) is 12.0. The molecule has 0 radical (unpaired) electrons. The van der Waals surface area contributed by atoms with Crippen LogP contribution >= 0.6 is 0 Å². The summed E-state index contributed by atoms with van der Waals surface area (Å²) in [7, 11) is -1.96. The minimum atomic E-state index is -1.96. The summed E-state index contributed by atoms with van der Waals surface area (Å²) in [6.07, 6.45) is 10.2. The summed E-state index contributed by atoms with van der Waals surface area (Å²) in [5.41, 5.74) is 0.435. The van der Waals surface area contributed by atoms with E-state index in [9.17, 15) is 0 Å². The van der Waals surface area contributed by atoms with Gasteiger partial charge in [-0.2, -0.15) is 4.89 Å². The minimum Gasteiger partial charge on any atom is -0.543 e. The third-order valence-electron chi connectivity index (χ3n) is 8.22. The Bertz CT molecular complexity index is 760. The van der Waals surface area contributed by atoms with Crippen LogP contribution in [0.5, 0.6) is 5.75 Å². The van der Waals surface area contributed by atoms with Crippen molar-refractivity contribution in [1.29, 1.82) is 0 Å².